The molecule has 0 spiro atoms. The van der Waals surface area contributed by atoms with E-state index in [0.29, 0.717) is 11.4 Å². The average molecular weight is 402 g/mol. The first-order chi connectivity index (χ1) is 13.3. The van der Waals surface area contributed by atoms with Gasteiger partial charge in [0, 0.05) is 11.4 Å². The van der Waals surface area contributed by atoms with Gasteiger partial charge in [0.1, 0.15) is 0 Å². The largest absolute Gasteiger partial charge is 0.326 e. The zero-order valence-electron chi connectivity index (χ0n) is 15.6. The first kappa shape index (κ1) is 21.3. The molecule has 28 heavy (non-hydrogen) atoms. The van der Waals surface area contributed by atoms with Crippen LogP contribution < -0.4 is 15.5 Å². The van der Waals surface area contributed by atoms with Crippen LogP contribution in [0.5, 0.6) is 0 Å². The standard InChI is InChI=1S/C19H22N4O4S/c1-14-8-10-17(11-9-14)28(26,27)20-13-19(25)23-22-15(2)12-18(24)21-16-6-4-3-5-7-16/h3-11,20H,12-13H2,1-2H3,(H,21,24)(H,23,25). The Kier molecular flexibility index (Phi) is 7.42. The molecular formula is C19H22N4O4S. The highest BCUT2D eigenvalue weighted by molar-refractivity contribution is 7.89. The molecule has 2 amide bonds. The molecule has 0 unspecified atom stereocenters. The first-order valence-electron chi connectivity index (χ1n) is 8.49. The molecule has 0 saturated heterocycles. The number of hydrogen-bond donors (Lipinski definition) is 3. The summed E-state index contributed by atoms with van der Waals surface area (Å²) in [7, 11) is -3.79. The van der Waals surface area contributed by atoms with E-state index >= 15 is 0 Å². The maximum absolute atomic E-state index is 12.1. The van der Waals surface area contributed by atoms with Gasteiger partial charge in [-0.2, -0.15) is 5.10 Å². The van der Waals surface area contributed by atoms with Crippen molar-refractivity contribution >= 4 is 33.2 Å². The maximum Gasteiger partial charge on any atom is 0.255 e. The molecule has 0 atom stereocenters. The van der Waals surface area contributed by atoms with E-state index in [4.69, 9.17) is 0 Å². The quantitative estimate of drug-likeness (QED) is 0.461. The Morgan fingerprint density at radius 3 is 2.25 bits per heavy atom. The molecule has 2 rings (SSSR count). The molecular weight excluding hydrogens is 380 g/mol. The van der Waals surface area contributed by atoms with Gasteiger partial charge < -0.3 is 5.32 Å². The van der Waals surface area contributed by atoms with Crippen molar-refractivity contribution in [1.82, 2.24) is 10.1 Å². The van der Waals surface area contributed by atoms with Crippen LogP contribution in [0.4, 0.5) is 5.69 Å². The number of para-hydroxylation sites is 1. The van der Waals surface area contributed by atoms with Gasteiger partial charge in [0.25, 0.3) is 5.91 Å². The molecule has 0 aliphatic rings. The minimum absolute atomic E-state index is 0.00965. The van der Waals surface area contributed by atoms with E-state index in [1.165, 1.54) is 12.1 Å². The molecule has 0 heterocycles. The van der Waals surface area contributed by atoms with Crippen LogP contribution in [-0.4, -0.2) is 32.5 Å². The third-order valence-electron chi connectivity index (χ3n) is 3.60. The van der Waals surface area contributed by atoms with Crippen molar-refractivity contribution in [3.05, 3.63) is 60.2 Å². The van der Waals surface area contributed by atoms with Gasteiger partial charge in [0.15, 0.2) is 0 Å². The summed E-state index contributed by atoms with van der Waals surface area (Å²) in [5.74, 6) is -0.916. The van der Waals surface area contributed by atoms with Crippen LogP contribution in [0, 0.1) is 6.92 Å². The molecule has 0 fully saturated rings. The van der Waals surface area contributed by atoms with Crippen LogP contribution in [0.2, 0.25) is 0 Å². The van der Waals surface area contributed by atoms with Gasteiger partial charge in [-0.15, -0.1) is 0 Å². The fourth-order valence-electron chi connectivity index (χ4n) is 2.16. The Morgan fingerprint density at radius 2 is 1.61 bits per heavy atom. The zero-order chi connectivity index (χ0) is 20.6. The number of anilines is 1. The Labute approximate surface area is 164 Å². The number of carbonyl (C=O) groups excluding carboxylic acids is 2. The number of carbonyl (C=O) groups is 2. The Balaban J connectivity index is 1.80. The molecule has 0 aliphatic carbocycles. The summed E-state index contributed by atoms with van der Waals surface area (Å²) in [6, 6.07) is 15.2. The van der Waals surface area contributed by atoms with Crippen molar-refractivity contribution in [2.75, 3.05) is 11.9 Å². The Bertz CT molecular complexity index is 955. The van der Waals surface area contributed by atoms with Crippen LogP contribution in [0.1, 0.15) is 18.9 Å². The van der Waals surface area contributed by atoms with Gasteiger partial charge in [-0.05, 0) is 38.1 Å². The average Bonchev–Trinajstić information content (AvgIpc) is 2.66. The van der Waals surface area contributed by atoms with E-state index in [9.17, 15) is 18.0 Å². The lowest BCUT2D eigenvalue weighted by atomic mass is 10.2. The molecule has 0 aliphatic heterocycles. The molecule has 2 aromatic carbocycles. The van der Waals surface area contributed by atoms with E-state index in [2.05, 4.69) is 20.6 Å². The van der Waals surface area contributed by atoms with E-state index < -0.39 is 22.5 Å². The number of rotatable bonds is 8. The predicted octanol–water partition coefficient (Wildman–Crippen LogP) is 1.79. The maximum atomic E-state index is 12.1. The predicted molar refractivity (Wildman–Crippen MR) is 107 cm³/mol. The van der Waals surface area contributed by atoms with E-state index in [-0.39, 0.29) is 17.2 Å². The summed E-state index contributed by atoms with van der Waals surface area (Å²) in [6.45, 7) is 2.96. The number of sulfonamides is 1. The molecule has 0 saturated carbocycles. The van der Waals surface area contributed by atoms with Crippen LogP contribution in [0.3, 0.4) is 0 Å². The van der Waals surface area contributed by atoms with E-state index in [0.717, 1.165) is 5.56 Å². The number of benzene rings is 2. The lowest BCUT2D eigenvalue weighted by Crippen LogP contribution is -2.35. The number of hydrazone groups is 1. The molecule has 3 N–H and O–H groups in total. The summed E-state index contributed by atoms with van der Waals surface area (Å²) >= 11 is 0. The van der Waals surface area contributed by atoms with E-state index in [1.54, 1.807) is 43.3 Å². The fraction of sp³-hybridized carbons (Fsp3) is 0.211. The number of nitrogens with one attached hydrogen (secondary N) is 3. The lowest BCUT2D eigenvalue weighted by molar-refractivity contribution is -0.120. The summed E-state index contributed by atoms with van der Waals surface area (Å²) in [6.07, 6.45) is -0.00965. The summed E-state index contributed by atoms with van der Waals surface area (Å²) < 4.78 is 26.5. The topological polar surface area (TPSA) is 117 Å². The fourth-order valence-corrected chi connectivity index (χ4v) is 3.14. The van der Waals surface area contributed by atoms with Gasteiger partial charge in [-0.25, -0.2) is 18.6 Å². The van der Waals surface area contributed by atoms with Crippen LogP contribution in [-0.2, 0) is 19.6 Å². The van der Waals surface area contributed by atoms with Crippen molar-refractivity contribution in [3.63, 3.8) is 0 Å². The van der Waals surface area contributed by atoms with E-state index in [1.807, 2.05) is 13.0 Å². The summed E-state index contributed by atoms with van der Waals surface area (Å²) in [4.78, 5) is 23.8. The molecule has 148 valence electrons. The lowest BCUT2D eigenvalue weighted by Gasteiger charge is -2.07. The van der Waals surface area contributed by atoms with Gasteiger partial charge in [0.05, 0.1) is 17.9 Å². The highest BCUT2D eigenvalue weighted by Crippen LogP contribution is 2.09. The Morgan fingerprint density at radius 1 is 0.964 bits per heavy atom. The summed E-state index contributed by atoms with van der Waals surface area (Å²) in [5.41, 5.74) is 4.20. The summed E-state index contributed by atoms with van der Waals surface area (Å²) in [5, 5.41) is 6.52. The second-order valence-electron chi connectivity index (χ2n) is 6.11. The van der Waals surface area contributed by atoms with Crippen LogP contribution >= 0.6 is 0 Å². The zero-order valence-corrected chi connectivity index (χ0v) is 16.4. The van der Waals surface area contributed by atoms with Crippen molar-refractivity contribution in [1.29, 1.82) is 0 Å². The van der Waals surface area contributed by atoms with Gasteiger partial charge in [0.2, 0.25) is 15.9 Å². The number of hydrogen-bond acceptors (Lipinski definition) is 5. The van der Waals surface area contributed by atoms with Crippen LogP contribution in [0.15, 0.2) is 64.6 Å². The number of amides is 2. The molecule has 8 nitrogen and oxygen atoms in total. The normalized spacial score (nSPS) is 11.7. The SMILES string of the molecule is CC(CC(=O)Nc1ccccc1)=NNC(=O)CNS(=O)(=O)c1ccc(C)cc1. The van der Waals surface area contributed by atoms with Gasteiger partial charge in [-0.3, -0.25) is 9.59 Å². The molecule has 2 aromatic rings. The smallest absolute Gasteiger partial charge is 0.255 e. The number of nitrogens with zero attached hydrogens (tertiary/aromatic N) is 1. The highest BCUT2D eigenvalue weighted by Gasteiger charge is 2.15. The second-order valence-corrected chi connectivity index (χ2v) is 7.88. The molecule has 0 aromatic heterocycles. The Hall–Kier alpha value is -3.04. The molecule has 9 heteroatoms. The third kappa shape index (κ3) is 6.93. The monoisotopic (exact) mass is 402 g/mol. The highest BCUT2D eigenvalue weighted by atomic mass is 32.2. The second kappa shape index (κ2) is 9.77. The van der Waals surface area contributed by atoms with Crippen molar-refractivity contribution in [2.24, 2.45) is 5.10 Å². The van der Waals surface area contributed by atoms with Crippen molar-refractivity contribution in [3.8, 4) is 0 Å². The third-order valence-corrected chi connectivity index (χ3v) is 5.02. The first-order valence-corrected chi connectivity index (χ1v) is 9.98. The van der Waals surface area contributed by atoms with Crippen molar-refractivity contribution < 1.29 is 18.0 Å². The van der Waals surface area contributed by atoms with Gasteiger partial charge in [-0.1, -0.05) is 35.9 Å². The van der Waals surface area contributed by atoms with Crippen LogP contribution in [0.25, 0.3) is 0 Å². The number of aryl methyl sites for hydroxylation is 1. The molecule has 0 bridgehead atoms. The van der Waals surface area contributed by atoms with Crippen molar-refractivity contribution in [2.45, 2.75) is 25.2 Å². The molecule has 0 radical (unpaired) electrons. The minimum atomic E-state index is -3.79. The minimum Gasteiger partial charge on any atom is -0.326 e. The van der Waals surface area contributed by atoms with Gasteiger partial charge >= 0.3 is 0 Å².